The van der Waals surface area contributed by atoms with Crippen molar-refractivity contribution in [2.24, 2.45) is 4.99 Å². The van der Waals surface area contributed by atoms with Crippen LogP contribution >= 0.6 is 23.4 Å². The Labute approximate surface area is 168 Å². The monoisotopic (exact) mass is 395 g/mol. The lowest BCUT2D eigenvalue weighted by Gasteiger charge is -2.09. The Bertz CT molecular complexity index is 959. The quantitative estimate of drug-likeness (QED) is 0.320. The van der Waals surface area contributed by atoms with Crippen LogP contribution in [0.25, 0.3) is 0 Å². The number of benzene rings is 3. The Morgan fingerprint density at radius 2 is 1.56 bits per heavy atom. The molecule has 3 aromatic carbocycles. The van der Waals surface area contributed by atoms with Crippen molar-refractivity contribution in [2.45, 2.75) is 18.7 Å². The van der Waals surface area contributed by atoms with Gasteiger partial charge >= 0.3 is 0 Å². The standard InChI is InChI=1S/C23H19ClFNS/c1-16-3-11-21(12-4-16)26-23(18-5-7-19(24)8-6-18)17(2)15-27-22-13-9-20(25)10-14-22/h3-15H,1-2H3/b17-15+,26-23-. The van der Waals surface area contributed by atoms with Gasteiger partial charge in [-0.15, -0.1) is 0 Å². The third-order valence-corrected chi connectivity index (χ3v) is 5.22. The molecule has 3 aromatic rings. The largest absolute Gasteiger partial charge is 0.248 e. The van der Waals surface area contributed by atoms with Crippen LogP contribution in [0.2, 0.25) is 5.02 Å². The normalized spacial score (nSPS) is 12.3. The van der Waals surface area contributed by atoms with Gasteiger partial charge in [-0.2, -0.15) is 0 Å². The molecule has 27 heavy (non-hydrogen) atoms. The lowest BCUT2D eigenvalue weighted by Crippen LogP contribution is -2.02. The van der Waals surface area contributed by atoms with Crippen molar-refractivity contribution in [3.63, 3.8) is 0 Å². The van der Waals surface area contributed by atoms with E-state index >= 15 is 0 Å². The molecule has 0 heterocycles. The first-order valence-electron chi connectivity index (χ1n) is 8.52. The molecule has 0 saturated carbocycles. The van der Waals surface area contributed by atoms with Crippen molar-refractivity contribution in [3.05, 3.63) is 106 Å². The van der Waals surface area contributed by atoms with Crippen LogP contribution in [-0.4, -0.2) is 5.71 Å². The van der Waals surface area contributed by atoms with E-state index in [1.54, 1.807) is 23.9 Å². The summed E-state index contributed by atoms with van der Waals surface area (Å²) < 4.78 is 13.1. The van der Waals surface area contributed by atoms with Gasteiger partial charge in [0, 0.05) is 15.5 Å². The highest BCUT2D eigenvalue weighted by molar-refractivity contribution is 8.02. The summed E-state index contributed by atoms with van der Waals surface area (Å²) in [5.41, 5.74) is 4.98. The second kappa shape index (κ2) is 9.03. The number of aliphatic imine (C=N–C) groups is 1. The van der Waals surface area contributed by atoms with E-state index in [0.717, 1.165) is 27.4 Å². The van der Waals surface area contributed by atoms with Gasteiger partial charge < -0.3 is 0 Å². The summed E-state index contributed by atoms with van der Waals surface area (Å²) in [5, 5.41) is 2.73. The Morgan fingerprint density at radius 1 is 0.926 bits per heavy atom. The maximum Gasteiger partial charge on any atom is 0.123 e. The highest BCUT2D eigenvalue weighted by Crippen LogP contribution is 2.25. The second-order valence-electron chi connectivity index (χ2n) is 6.18. The Hall–Kier alpha value is -2.36. The van der Waals surface area contributed by atoms with Crippen molar-refractivity contribution < 1.29 is 4.39 Å². The third kappa shape index (κ3) is 5.56. The van der Waals surface area contributed by atoms with E-state index in [9.17, 15) is 4.39 Å². The molecule has 3 rings (SSSR count). The van der Waals surface area contributed by atoms with Crippen LogP contribution in [0.4, 0.5) is 10.1 Å². The van der Waals surface area contributed by atoms with Gasteiger partial charge in [-0.25, -0.2) is 9.38 Å². The first-order valence-corrected chi connectivity index (χ1v) is 9.78. The SMILES string of the molecule is CC(=C\Sc1ccc(F)cc1)/C(=N/c1ccc(C)cc1)c1ccc(Cl)cc1. The second-order valence-corrected chi connectivity index (χ2v) is 7.55. The van der Waals surface area contributed by atoms with Crippen molar-refractivity contribution in [1.29, 1.82) is 0 Å². The van der Waals surface area contributed by atoms with E-state index in [4.69, 9.17) is 16.6 Å². The van der Waals surface area contributed by atoms with E-state index in [1.165, 1.54) is 17.7 Å². The minimum Gasteiger partial charge on any atom is -0.248 e. The topological polar surface area (TPSA) is 12.4 Å². The lowest BCUT2D eigenvalue weighted by molar-refractivity contribution is 0.626. The van der Waals surface area contributed by atoms with Crippen LogP contribution in [0.5, 0.6) is 0 Å². The molecule has 0 bridgehead atoms. The maximum absolute atomic E-state index is 13.1. The fourth-order valence-corrected chi connectivity index (χ4v) is 3.31. The predicted octanol–water partition coefficient (Wildman–Crippen LogP) is 7.60. The average molecular weight is 396 g/mol. The van der Waals surface area contributed by atoms with Crippen LogP contribution in [0.3, 0.4) is 0 Å². The van der Waals surface area contributed by atoms with E-state index in [0.29, 0.717) is 5.02 Å². The number of hydrogen-bond acceptors (Lipinski definition) is 2. The van der Waals surface area contributed by atoms with Crippen LogP contribution in [-0.2, 0) is 0 Å². The first-order chi connectivity index (χ1) is 13.0. The minimum absolute atomic E-state index is 0.233. The molecule has 0 radical (unpaired) electrons. The summed E-state index contributed by atoms with van der Waals surface area (Å²) in [7, 11) is 0. The van der Waals surface area contributed by atoms with Crippen molar-refractivity contribution in [1.82, 2.24) is 0 Å². The zero-order valence-electron chi connectivity index (χ0n) is 15.1. The molecule has 0 fully saturated rings. The molecule has 0 aromatic heterocycles. The summed E-state index contributed by atoms with van der Waals surface area (Å²) in [6, 6.07) is 22.2. The smallest absolute Gasteiger partial charge is 0.123 e. The summed E-state index contributed by atoms with van der Waals surface area (Å²) in [6.45, 7) is 4.08. The number of halogens is 2. The van der Waals surface area contributed by atoms with Gasteiger partial charge in [-0.1, -0.05) is 53.2 Å². The summed E-state index contributed by atoms with van der Waals surface area (Å²) in [6.07, 6.45) is 0. The third-order valence-electron chi connectivity index (χ3n) is 3.95. The average Bonchev–Trinajstić information content (AvgIpc) is 2.68. The maximum atomic E-state index is 13.1. The van der Waals surface area contributed by atoms with Gasteiger partial charge in [0.15, 0.2) is 0 Å². The Morgan fingerprint density at radius 3 is 2.19 bits per heavy atom. The van der Waals surface area contributed by atoms with Gasteiger partial charge in [-0.3, -0.25) is 0 Å². The lowest BCUT2D eigenvalue weighted by atomic mass is 10.0. The molecule has 0 atom stereocenters. The molecule has 1 nitrogen and oxygen atoms in total. The molecule has 0 saturated heterocycles. The van der Waals surface area contributed by atoms with E-state index in [1.807, 2.05) is 60.9 Å². The van der Waals surface area contributed by atoms with E-state index < -0.39 is 0 Å². The summed E-state index contributed by atoms with van der Waals surface area (Å²) in [4.78, 5) is 5.83. The zero-order chi connectivity index (χ0) is 19.2. The van der Waals surface area contributed by atoms with Crippen molar-refractivity contribution >= 4 is 34.8 Å². The summed E-state index contributed by atoms with van der Waals surface area (Å²) in [5.74, 6) is -0.233. The molecule has 0 spiro atoms. The highest BCUT2D eigenvalue weighted by atomic mass is 35.5. The molecule has 0 unspecified atom stereocenters. The van der Waals surface area contributed by atoms with E-state index in [2.05, 4.69) is 6.92 Å². The van der Waals surface area contributed by atoms with Crippen molar-refractivity contribution in [3.8, 4) is 0 Å². The van der Waals surface area contributed by atoms with Crippen LogP contribution < -0.4 is 0 Å². The number of thioether (sulfide) groups is 1. The molecular weight excluding hydrogens is 377 g/mol. The van der Waals surface area contributed by atoms with Crippen LogP contribution in [0.1, 0.15) is 18.1 Å². The van der Waals surface area contributed by atoms with Gasteiger partial charge in [-0.05, 0) is 73.4 Å². The molecule has 0 aliphatic carbocycles. The molecule has 0 N–H and O–H groups in total. The van der Waals surface area contributed by atoms with Crippen LogP contribution in [0, 0.1) is 12.7 Å². The number of hydrogen-bond donors (Lipinski definition) is 0. The molecule has 0 aliphatic rings. The van der Waals surface area contributed by atoms with Gasteiger partial charge in [0.05, 0.1) is 11.4 Å². The molecule has 0 amide bonds. The number of allylic oxidation sites excluding steroid dienone is 1. The van der Waals surface area contributed by atoms with E-state index in [-0.39, 0.29) is 5.82 Å². The molecule has 0 aliphatic heterocycles. The van der Waals surface area contributed by atoms with Gasteiger partial charge in [0.2, 0.25) is 0 Å². The Balaban J connectivity index is 1.94. The molecule has 4 heteroatoms. The predicted molar refractivity (Wildman–Crippen MR) is 115 cm³/mol. The van der Waals surface area contributed by atoms with Crippen molar-refractivity contribution in [2.75, 3.05) is 0 Å². The number of nitrogens with zero attached hydrogens (tertiary/aromatic N) is 1. The van der Waals surface area contributed by atoms with Gasteiger partial charge in [0.25, 0.3) is 0 Å². The Kier molecular flexibility index (Phi) is 6.49. The fourth-order valence-electron chi connectivity index (χ4n) is 2.46. The zero-order valence-corrected chi connectivity index (χ0v) is 16.7. The first kappa shape index (κ1) is 19.4. The highest BCUT2D eigenvalue weighted by Gasteiger charge is 2.08. The molecule has 136 valence electrons. The van der Waals surface area contributed by atoms with Crippen LogP contribution in [0.15, 0.2) is 93.7 Å². The van der Waals surface area contributed by atoms with Gasteiger partial charge in [0.1, 0.15) is 5.82 Å². The minimum atomic E-state index is -0.233. The number of aryl methyl sites for hydroxylation is 1. The summed E-state index contributed by atoms with van der Waals surface area (Å²) >= 11 is 7.58. The number of rotatable bonds is 5. The molecular formula is C23H19ClFNS. The fraction of sp³-hybridized carbons (Fsp3) is 0.0870.